The fraction of sp³-hybridized carbons (Fsp3) is 0.188. The maximum atomic E-state index is 12.4. The molecule has 0 N–H and O–H groups in total. The SMILES string of the molecule is O=C(Cc1cccc(Br)c1)C1COc2ccccc21. The van der Waals surface area contributed by atoms with Crippen LogP contribution in [0.1, 0.15) is 17.0 Å². The van der Waals surface area contributed by atoms with Crippen LogP contribution in [0.2, 0.25) is 0 Å². The van der Waals surface area contributed by atoms with E-state index < -0.39 is 0 Å². The minimum Gasteiger partial charge on any atom is -0.492 e. The Morgan fingerprint density at radius 1 is 1.21 bits per heavy atom. The number of ether oxygens (including phenoxy) is 1. The number of carbonyl (C=O) groups excluding carboxylic acids is 1. The Hall–Kier alpha value is -1.61. The molecule has 1 atom stereocenters. The smallest absolute Gasteiger partial charge is 0.148 e. The highest BCUT2D eigenvalue weighted by Gasteiger charge is 2.29. The Balaban J connectivity index is 1.79. The third-order valence-electron chi connectivity index (χ3n) is 3.36. The van der Waals surface area contributed by atoms with Crippen molar-refractivity contribution in [1.29, 1.82) is 0 Å². The van der Waals surface area contributed by atoms with Crippen LogP contribution in [0.5, 0.6) is 5.75 Å². The van der Waals surface area contributed by atoms with Crippen LogP contribution in [0.15, 0.2) is 53.0 Å². The lowest BCUT2D eigenvalue weighted by atomic mass is 9.93. The van der Waals surface area contributed by atoms with E-state index in [1.165, 1.54) is 0 Å². The van der Waals surface area contributed by atoms with Crippen LogP contribution in [0.25, 0.3) is 0 Å². The number of para-hydroxylation sites is 1. The number of fused-ring (bicyclic) bond motifs is 1. The number of rotatable bonds is 3. The molecule has 2 aromatic carbocycles. The first-order valence-electron chi connectivity index (χ1n) is 6.23. The minimum absolute atomic E-state index is 0.129. The first-order chi connectivity index (χ1) is 9.24. The lowest BCUT2D eigenvalue weighted by Gasteiger charge is -2.08. The van der Waals surface area contributed by atoms with E-state index in [-0.39, 0.29) is 11.7 Å². The molecular formula is C16H13BrO2. The molecule has 0 aromatic heterocycles. The molecular weight excluding hydrogens is 304 g/mol. The summed E-state index contributed by atoms with van der Waals surface area (Å²) in [5.74, 6) is 0.924. The molecule has 0 amide bonds. The first-order valence-corrected chi connectivity index (χ1v) is 7.02. The predicted octanol–water partition coefficient (Wildman–Crippen LogP) is 3.74. The molecule has 0 saturated carbocycles. The molecule has 0 aliphatic carbocycles. The van der Waals surface area contributed by atoms with E-state index in [1.807, 2.05) is 48.5 Å². The molecule has 1 heterocycles. The lowest BCUT2D eigenvalue weighted by Crippen LogP contribution is -2.16. The summed E-state index contributed by atoms with van der Waals surface area (Å²) >= 11 is 3.43. The van der Waals surface area contributed by atoms with Gasteiger partial charge in [0.1, 0.15) is 18.1 Å². The van der Waals surface area contributed by atoms with Gasteiger partial charge in [0.15, 0.2) is 0 Å². The van der Waals surface area contributed by atoms with Gasteiger partial charge in [-0.05, 0) is 23.8 Å². The minimum atomic E-state index is -0.129. The summed E-state index contributed by atoms with van der Waals surface area (Å²) in [6.07, 6.45) is 0.446. The molecule has 1 unspecified atom stereocenters. The summed E-state index contributed by atoms with van der Waals surface area (Å²) < 4.78 is 6.56. The van der Waals surface area contributed by atoms with E-state index >= 15 is 0 Å². The van der Waals surface area contributed by atoms with Gasteiger partial charge in [0.2, 0.25) is 0 Å². The number of halogens is 1. The second-order valence-electron chi connectivity index (χ2n) is 4.67. The Morgan fingerprint density at radius 2 is 2.05 bits per heavy atom. The Labute approximate surface area is 120 Å². The molecule has 0 fully saturated rings. The Morgan fingerprint density at radius 3 is 2.89 bits per heavy atom. The molecule has 3 heteroatoms. The van der Waals surface area contributed by atoms with Gasteiger partial charge in [0, 0.05) is 16.5 Å². The van der Waals surface area contributed by atoms with Gasteiger partial charge in [-0.3, -0.25) is 4.79 Å². The van der Waals surface area contributed by atoms with Crippen molar-refractivity contribution in [2.75, 3.05) is 6.61 Å². The van der Waals surface area contributed by atoms with Gasteiger partial charge in [-0.2, -0.15) is 0 Å². The molecule has 96 valence electrons. The van der Waals surface area contributed by atoms with Crippen molar-refractivity contribution in [2.24, 2.45) is 0 Å². The van der Waals surface area contributed by atoms with Crippen molar-refractivity contribution in [3.05, 3.63) is 64.1 Å². The average Bonchev–Trinajstić information content (AvgIpc) is 2.82. The zero-order valence-electron chi connectivity index (χ0n) is 10.3. The molecule has 2 aromatic rings. The van der Waals surface area contributed by atoms with Crippen molar-refractivity contribution < 1.29 is 9.53 Å². The van der Waals surface area contributed by atoms with Crippen molar-refractivity contribution >= 4 is 21.7 Å². The van der Waals surface area contributed by atoms with Crippen LogP contribution in [-0.4, -0.2) is 12.4 Å². The van der Waals surface area contributed by atoms with E-state index in [2.05, 4.69) is 15.9 Å². The molecule has 0 radical (unpaired) electrons. The van der Waals surface area contributed by atoms with E-state index in [0.29, 0.717) is 13.0 Å². The van der Waals surface area contributed by atoms with Crippen LogP contribution in [0, 0.1) is 0 Å². The largest absolute Gasteiger partial charge is 0.492 e. The Kier molecular flexibility index (Phi) is 3.38. The number of ketones is 1. The third kappa shape index (κ3) is 2.56. The summed E-state index contributed by atoms with van der Waals surface area (Å²) in [5, 5.41) is 0. The second kappa shape index (κ2) is 5.17. The number of carbonyl (C=O) groups is 1. The molecule has 1 aliphatic heterocycles. The summed E-state index contributed by atoms with van der Waals surface area (Å²) in [4.78, 5) is 12.4. The monoisotopic (exact) mass is 316 g/mol. The van der Waals surface area contributed by atoms with Crippen molar-refractivity contribution in [3.8, 4) is 5.75 Å². The highest BCUT2D eigenvalue weighted by atomic mass is 79.9. The lowest BCUT2D eigenvalue weighted by molar-refractivity contribution is -0.120. The fourth-order valence-corrected chi connectivity index (χ4v) is 2.85. The van der Waals surface area contributed by atoms with E-state index in [9.17, 15) is 4.79 Å². The number of Topliss-reactive ketones (excluding diaryl/α,β-unsaturated/α-hetero) is 1. The van der Waals surface area contributed by atoms with Crippen LogP contribution in [0.4, 0.5) is 0 Å². The van der Waals surface area contributed by atoms with Crippen LogP contribution >= 0.6 is 15.9 Å². The molecule has 0 saturated heterocycles. The van der Waals surface area contributed by atoms with Gasteiger partial charge >= 0.3 is 0 Å². The zero-order chi connectivity index (χ0) is 13.2. The standard InChI is InChI=1S/C16H13BrO2/c17-12-5-3-4-11(8-12)9-15(18)14-10-19-16-7-2-1-6-13(14)16/h1-8,14H,9-10H2. The quantitative estimate of drug-likeness (QED) is 0.862. The van der Waals surface area contributed by atoms with Crippen LogP contribution in [-0.2, 0) is 11.2 Å². The molecule has 19 heavy (non-hydrogen) atoms. The first kappa shape index (κ1) is 12.4. The molecule has 0 bridgehead atoms. The van der Waals surface area contributed by atoms with Crippen molar-refractivity contribution in [3.63, 3.8) is 0 Å². The van der Waals surface area contributed by atoms with E-state index in [1.54, 1.807) is 0 Å². The van der Waals surface area contributed by atoms with E-state index in [4.69, 9.17) is 4.74 Å². The van der Waals surface area contributed by atoms with Crippen LogP contribution < -0.4 is 4.74 Å². The summed E-state index contributed by atoms with van der Waals surface area (Å²) in [5.41, 5.74) is 2.05. The predicted molar refractivity (Wildman–Crippen MR) is 77.5 cm³/mol. The molecule has 3 rings (SSSR count). The topological polar surface area (TPSA) is 26.3 Å². The summed E-state index contributed by atoms with van der Waals surface area (Å²) in [6, 6.07) is 15.7. The van der Waals surface area contributed by atoms with Crippen molar-refractivity contribution in [1.82, 2.24) is 0 Å². The number of hydrogen-bond donors (Lipinski definition) is 0. The highest BCUT2D eigenvalue weighted by molar-refractivity contribution is 9.10. The molecule has 1 aliphatic rings. The van der Waals surface area contributed by atoms with Gasteiger partial charge in [0.05, 0.1) is 5.92 Å². The normalized spacial score (nSPS) is 16.8. The zero-order valence-corrected chi connectivity index (χ0v) is 11.9. The van der Waals surface area contributed by atoms with Crippen molar-refractivity contribution in [2.45, 2.75) is 12.3 Å². The van der Waals surface area contributed by atoms with Gasteiger partial charge in [0.25, 0.3) is 0 Å². The molecule has 2 nitrogen and oxygen atoms in total. The summed E-state index contributed by atoms with van der Waals surface area (Å²) in [7, 11) is 0. The summed E-state index contributed by atoms with van der Waals surface area (Å²) in [6.45, 7) is 0.464. The van der Waals surface area contributed by atoms with Crippen LogP contribution in [0.3, 0.4) is 0 Å². The average molecular weight is 317 g/mol. The third-order valence-corrected chi connectivity index (χ3v) is 3.85. The second-order valence-corrected chi connectivity index (χ2v) is 5.59. The Bertz CT molecular complexity index is 622. The fourth-order valence-electron chi connectivity index (χ4n) is 2.40. The maximum Gasteiger partial charge on any atom is 0.148 e. The molecule has 0 spiro atoms. The number of hydrogen-bond acceptors (Lipinski definition) is 2. The number of benzene rings is 2. The highest BCUT2D eigenvalue weighted by Crippen LogP contribution is 2.34. The maximum absolute atomic E-state index is 12.4. The van der Waals surface area contributed by atoms with E-state index in [0.717, 1.165) is 21.3 Å². The van der Waals surface area contributed by atoms with Gasteiger partial charge < -0.3 is 4.74 Å². The van der Waals surface area contributed by atoms with Gasteiger partial charge in [-0.15, -0.1) is 0 Å². The van der Waals surface area contributed by atoms with Gasteiger partial charge in [-0.1, -0.05) is 46.3 Å². The van der Waals surface area contributed by atoms with Gasteiger partial charge in [-0.25, -0.2) is 0 Å².